The van der Waals surface area contributed by atoms with E-state index in [2.05, 4.69) is 53.3 Å². The lowest BCUT2D eigenvalue weighted by molar-refractivity contribution is -0.0665. The molecule has 4 rings (SSSR count). The molecule has 0 atom stereocenters. The number of H-pyrrole nitrogens is 1. The van der Waals surface area contributed by atoms with Crippen molar-refractivity contribution < 1.29 is 14.2 Å². The minimum atomic E-state index is 0.267. The Morgan fingerprint density at radius 2 is 1.91 bits per heavy atom. The Bertz CT molecular complexity index is 795. The van der Waals surface area contributed by atoms with Gasteiger partial charge in [-0.15, -0.1) is 0 Å². The molecule has 1 aromatic heterocycles. The van der Waals surface area contributed by atoms with Gasteiger partial charge in [0.25, 0.3) is 0 Å². The summed E-state index contributed by atoms with van der Waals surface area (Å²) in [6.45, 7) is 6.95. The van der Waals surface area contributed by atoms with Crippen molar-refractivity contribution in [1.29, 1.82) is 0 Å². The minimum Gasteiger partial charge on any atom is -0.490 e. The van der Waals surface area contributed by atoms with E-state index in [0.717, 1.165) is 75.1 Å². The maximum Gasteiger partial charge on any atom is 0.119 e. The summed E-state index contributed by atoms with van der Waals surface area (Å²) < 4.78 is 17.6. The Labute approximate surface area is 192 Å². The standard InChI is InChI=1S/C26H39N3O3/c1-3-4-12-29(2)19-22-18-27-28-26(22)21-5-7-23(8-6-21)32-25-16-24(17-25)31-15-11-20-9-13-30-14-10-20/h5-8,18,20,24-25H,3-4,9-17,19H2,1-2H3,(H,27,28). The predicted octanol–water partition coefficient (Wildman–Crippen LogP) is 5.05. The van der Waals surface area contributed by atoms with E-state index in [4.69, 9.17) is 14.2 Å². The van der Waals surface area contributed by atoms with Crippen molar-refractivity contribution in [2.45, 2.75) is 70.6 Å². The van der Waals surface area contributed by atoms with Crippen molar-refractivity contribution in [3.05, 3.63) is 36.0 Å². The Morgan fingerprint density at radius 1 is 1.12 bits per heavy atom. The fraction of sp³-hybridized carbons (Fsp3) is 0.654. The number of nitrogens with one attached hydrogen (secondary N) is 1. The highest BCUT2D eigenvalue weighted by Crippen LogP contribution is 2.31. The zero-order chi connectivity index (χ0) is 22.2. The highest BCUT2D eigenvalue weighted by Gasteiger charge is 2.31. The monoisotopic (exact) mass is 441 g/mol. The first kappa shape index (κ1) is 23.3. The molecule has 1 saturated carbocycles. The Hall–Kier alpha value is -1.89. The molecule has 2 aromatic rings. The first-order chi connectivity index (χ1) is 15.7. The summed E-state index contributed by atoms with van der Waals surface area (Å²) in [7, 11) is 2.17. The van der Waals surface area contributed by atoms with Crippen LogP contribution in [0.1, 0.15) is 57.4 Å². The molecule has 176 valence electrons. The SMILES string of the molecule is CCCCN(C)Cc1cn[nH]c1-c1ccc(OC2CC(OCCC3CCOCC3)C2)cc1. The molecule has 1 aromatic carbocycles. The smallest absolute Gasteiger partial charge is 0.119 e. The molecule has 0 bridgehead atoms. The number of aromatic nitrogens is 2. The lowest BCUT2D eigenvalue weighted by Crippen LogP contribution is -2.39. The first-order valence-corrected chi connectivity index (χ1v) is 12.4. The average molecular weight is 442 g/mol. The van der Waals surface area contributed by atoms with Gasteiger partial charge in [0.2, 0.25) is 0 Å². The summed E-state index contributed by atoms with van der Waals surface area (Å²) in [6, 6.07) is 8.39. The fourth-order valence-electron chi connectivity index (χ4n) is 4.56. The van der Waals surface area contributed by atoms with E-state index in [9.17, 15) is 0 Å². The third kappa shape index (κ3) is 6.56. The fourth-order valence-corrected chi connectivity index (χ4v) is 4.56. The number of aromatic amines is 1. The van der Waals surface area contributed by atoms with Gasteiger partial charge in [0.15, 0.2) is 0 Å². The molecule has 2 heterocycles. The summed E-state index contributed by atoms with van der Waals surface area (Å²) in [5, 5.41) is 7.46. The largest absolute Gasteiger partial charge is 0.490 e. The molecule has 2 fully saturated rings. The number of rotatable bonds is 12. The molecule has 1 N–H and O–H groups in total. The molecule has 1 saturated heterocycles. The van der Waals surface area contributed by atoms with Crippen LogP contribution in [0.2, 0.25) is 0 Å². The van der Waals surface area contributed by atoms with Crippen LogP contribution >= 0.6 is 0 Å². The van der Waals surface area contributed by atoms with Crippen LogP contribution in [0.3, 0.4) is 0 Å². The lowest BCUT2D eigenvalue weighted by Gasteiger charge is -2.35. The average Bonchev–Trinajstić information content (AvgIpc) is 3.25. The van der Waals surface area contributed by atoms with E-state index >= 15 is 0 Å². The number of unbranched alkanes of at least 4 members (excludes halogenated alkanes) is 1. The molecule has 6 heteroatoms. The van der Waals surface area contributed by atoms with Crippen LogP contribution in [0.4, 0.5) is 0 Å². The first-order valence-electron chi connectivity index (χ1n) is 12.4. The van der Waals surface area contributed by atoms with Crippen molar-refractivity contribution in [3.63, 3.8) is 0 Å². The molecular weight excluding hydrogens is 402 g/mol. The maximum atomic E-state index is 6.16. The zero-order valence-corrected chi connectivity index (χ0v) is 19.7. The number of benzene rings is 1. The van der Waals surface area contributed by atoms with Gasteiger partial charge in [-0.3, -0.25) is 5.10 Å². The van der Waals surface area contributed by atoms with Gasteiger partial charge in [0.05, 0.1) is 18.0 Å². The van der Waals surface area contributed by atoms with Gasteiger partial charge in [0, 0.05) is 50.3 Å². The normalized spacial score (nSPS) is 21.6. The zero-order valence-electron chi connectivity index (χ0n) is 19.7. The maximum absolute atomic E-state index is 6.16. The molecule has 0 amide bonds. The van der Waals surface area contributed by atoms with Gasteiger partial charge < -0.3 is 19.1 Å². The van der Waals surface area contributed by atoms with Crippen LogP contribution in [-0.4, -0.2) is 60.7 Å². The predicted molar refractivity (Wildman–Crippen MR) is 127 cm³/mol. The van der Waals surface area contributed by atoms with E-state index < -0.39 is 0 Å². The quantitative estimate of drug-likeness (QED) is 0.499. The topological polar surface area (TPSA) is 59.6 Å². The number of hydrogen-bond donors (Lipinski definition) is 1. The summed E-state index contributed by atoms with van der Waals surface area (Å²) in [5.74, 6) is 1.71. The number of ether oxygens (including phenoxy) is 3. The second kappa shape index (κ2) is 11.8. The summed E-state index contributed by atoms with van der Waals surface area (Å²) in [5.41, 5.74) is 3.48. The Morgan fingerprint density at radius 3 is 2.66 bits per heavy atom. The minimum absolute atomic E-state index is 0.267. The second-order valence-electron chi connectivity index (χ2n) is 9.43. The van der Waals surface area contributed by atoms with Gasteiger partial charge in [-0.2, -0.15) is 5.10 Å². The van der Waals surface area contributed by atoms with Crippen molar-refractivity contribution in [2.75, 3.05) is 33.4 Å². The van der Waals surface area contributed by atoms with Crippen LogP contribution in [0.15, 0.2) is 30.5 Å². The highest BCUT2D eigenvalue weighted by atomic mass is 16.5. The van der Waals surface area contributed by atoms with Crippen LogP contribution in [-0.2, 0) is 16.0 Å². The molecule has 1 aliphatic carbocycles. The lowest BCUT2D eigenvalue weighted by atomic mass is 9.91. The number of nitrogens with zero attached hydrogens (tertiary/aromatic N) is 2. The summed E-state index contributed by atoms with van der Waals surface area (Å²) in [4.78, 5) is 2.36. The van der Waals surface area contributed by atoms with Crippen molar-refractivity contribution >= 4 is 0 Å². The van der Waals surface area contributed by atoms with E-state index in [0.29, 0.717) is 6.10 Å². The summed E-state index contributed by atoms with van der Waals surface area (Å²) in [6.07, 6.45) is 10.5. The van der Waals surface area contributed by atoms with E-state index in [1.54, 1.807) is 0 Å². The van der Waals surface area contributed by atoms with Crippen molar-refractivity contribution in [1.82, 2.24) is 15.1 Å². The second-order valence-corrected chi connectivity index (χ2v) is 9.43. The van der Waals surface area contributed by atoms with Gasteiger partial charge >= 0.3 is 0 Å². The molecule has 0 radical (unpaired) electrons. The molecule has 0 unspecified atom stereocenters. The van der Waals surface area contributed by atoms with E-state index in [-0.39, 0.29) is 6.10 Å². The highest BCUT2D eigenvalue weighted by molar-refractivity contribution is 5.63. The third-order valence-corrected chi connectivity index (χ3v) is 6.77. The van der Waals surface area contributed by atoms with E-state index in [1.165, 1.54) is 31.2 Å². The molecule has 0 spiro atoms. The van der Waals surface area contributed by atoms with Crippen LogP contribution in [0.25, 0.3) is 11.3 Å². The van der Waals surface area contributed by atoms with Gasteiger partial charge in [0.1, 0.15) is 11.9 Å². The molecule has 1 aliphatic heterocycles. The van der Waals surface area contributed by atoms with Crippen LogP contribution in [0.5, 0.6) is 5.75 Å². The van der Waals surface area contributed by atoms with Crippen molar-refractivity contribution in [2.24, 2.45) is 5.92 Å². The summed E-state index contributed by atoms with van der Waals surface area (Å²) >= 11 is 0. The van der Waals surface area contributed by atoms with Crippen LogP contribution < -0.4 is 4.74 Å². The van der Waals surface area contributed by atoms with Gasteiger partial charge in [-0.05, 0) is 69.5 Å². The number of hydrogen-bond acceptors (Lipinski definition) is 5. The van der Waals surface area contributed by atoms with Crippen molar-refractivity contribution in [3.8, 4) is 17.0 Å². The van der Waals surface area contributed by atoms with E-state index in [1.807, 2.05) is 6.20 Å². The third-order valence-electron chi connectivity index (χ3n) is 6.77. The van der Waals surface area contributed by atoms with Gasteiger partial charge in [-0.25, -0.2) is 0 Å². The van der Waals surface area contributed by atoms with Crippen LogP contribution in [0, 0.1) is 5.92 Å². The molecule has 6 nitrogen and oxygen atoms in total. The molecule has 32 heavy (non-hydrogen) atoms. The Kier molecular flexibility index (Phi) is 8.60. The van der Waals surface area contributed by atoms with Gasteiger partial charge in [-0.1, -0.05) is 13.3 Å². The Balaban J connectivity index is 1.19. The molecule has 2 aliphatic rings. The molecular formula is C26H39N3O3.